The van der Waals surface area contributed by atoms with Gasteiger partial charge in [-0.2, -0.15) is 0 Å². The molecule has 136 valence electrons. The molecule has 0 radical (unpaired) electrons. The molecule has 1 amide bonds. The Balaban J connectivity index is 1.68. The number of nitrogens with zero attached hydrogens (tertiary/aromatic N) is 5. The molecular weight excluding hydrogens is 314 g/mol. The number of rotatable bonds is 2. The van der Waals surface area contributed by atoms with Crippen molar-refractivity contribution in [2.45, 2.75) is 45.2 Å². The summed E-state index contributed by atoms with van der Waals surface area (Å²) in [6.07, 6.45) is 5.05. The van der Waals surface area contributed by atoms with E-state index in [9.17, 15) is 4.79 Å². The van der Waals surface area contributed by atoms with Crippen LogP contribution in [0.5, 0.6) is 0 Å². The summed E-state index contributed by atoms with van der Waals surface area (Å²) in [5.74, 6) is 1.17. The average molecular weight is 343 g/mol. The van der Waals surface area contributed by atoms with Crippen LogP contribution in [0.1, 0.15) is 33.1 Å². The molecule has 0 aromatic carbocycles. The molecule has 1 aromatic heterocycles. The number of fused-ring (bicyclic) bond motifs is 3. The van der Waals surface area contributed by atoms with E-state index in [0.717, 1.165) is 49.9 Å². The van der Waals surface area contributed by atoms with Gasteiger partial charge in [-0.05, 0) is 32.8 Å². The van der Waals surface area contributed by atoms with Crippen molar-refractivity contribution < 1.29 is 4.79 Å². The number of carbonyl (C=O) groups excluding carboxylic acids is 1. The lowest BCUT2D eigenvalue weighted by Crippen LogP contribution is -2.55. The number of hydrogen-bond acceptors (Lipinski definition) is 5. The van der Waals surface area contributed by atoms with Gasteiger partial charge in [-0.3, -0.25) is 9.69 Å². The normalized spacial score (nSPS) is 24.6. The van der Waals surface area contributed by atoms with Gasteiger partial charge in [0.25, 0.3) is 0 Å². The molecule has 2 saturated heterocycles. The van der Waals surface area contributed by atoms with Crippen LogP contribution in [0.3, 0.4) is 0 Å². The van der Waals surface area contributed by atoms with Gasteiger partial charge in [-0.1, -0.05) is 0 Å². The molecule has 0 saturated carbocycles. The Morgan fingerprint density at radius 2 is 1.92 bits per heavy atom. The van der Waals surface area contributed by atoms with Crippen LogP contribution in [0.4, 0.5) is 17.2 Å². The molecule has 6 heteroatoms. The first-order chi connectivity index (χ1) is 12.0. The summed E-state index contributed by atoms with van der Waals surface area (Å²) in [6.45, 7) is 9.55. The number of piperazine rings is 1. The van der Waals surface area contributed by atoms with E-state index in [1.807, 2.05) is 18.1 Å². The molecule has 25 heavy (non-hydrogen) atoms. The van der Waals surface area contributed by atoms with Crippen molar-refractivity contribution in [3.05, 3.63) is 12.3 Å². The van der Waals surface area contributed by atoms with Gasteiger partial charge in [0.15, 0.2) is 5.82 Å². The summed E-state index contributed by atoms with van der Waals surface area (Å²) >= 11 is 0. The van der Waals surface area contributed by atoms with Gasteiger partial charge in [0.1, 0.15) is 0 Å². The van der Waals surface area contributed by atoms with E-state index in [2.05, 4.69) is 34.6 Å². The number of aromatic nitrogens is 1. The lowest BCUT2D eigenvalue weighted by molar-refractivity contribution is -0.118. The van der Waals surface area contributed by atoms with E-state index in [4.69, 9.17) is 4.98 Å². The number of pyridine rings is 1. The minimum atomic E-state index is 0.194. The lowest BCUT2D eigenvalue weighted by Gasteiger charge is -2.42. The lowest BCUT2D eigenvalue weighted by atomic mass is 10.1. The third kappa shape index (κ3) is 2.97. The van der Waals surface area contributed by atoms with Crippen LogP contribution in [0.15, 0.2) is 12.3 Å². The van der Waals surface area contributed by atoms with E-state index in [0.29, 0.717) is 12.5 Å². The summed E-state index contributed by atoms with van der Waals surface area (Å²) in [5, 5.41) is 0. The van der Waals surface area contributed by atoms with E-state index >= 15 is 0 Å². The highest BCUT2D eigenvalue weighted by Crippen LogP contribution is 2.37. The number of anilines is 3. The highest BCUT2D eigenvalue weighted by molar-refractivity contribution is 5.98. The number of amides is 1. The van der Waals surface area contributed by atoms with E-state index in [1.54, 1.807) is 0 Å². The van der Waals surface area contributed by atoms with Crippen molar-refractivity contribution in [2.24, 2.45) is 0 Å². The Hall–Kier alpha value is -1.82. The first kappa shape index (κ1) is 16.6. The van der Waals surface area contributed by atoms with Crippen LogP contribution in [-0.4, -0.2) is 67.6 Å². The zero-order chi connectivity index (χ0) is 17.6. The van der Waals surface area contributed by atoms with Crippen molar-refractivity contribution in [1.29, 1.82) is 0 Å². The van der Waals surface area contributed by atoms with Gasteiger partial charge in [0.05, 0.1) is 23.6 Å². The summed E-state index contributed by atoms with van der Waals surface area (Å²) in [4.78, 5) is 26.6. The largest absolute Gasteiger partial charge is 0.370 e. The molecule has 4 rings (SSSR count). The first-order valence-electron chi connectivity index (χ1n) is 9.57. The SMILES string of the molecule is CC(C)N1CCN2c3ncc(N4CCCC4)cc3N(C)C(=O)C[C@@H]2C1. The summed E-state index contributed by atoms with van der Waals surface area (Å²) < 4.78 is 0. The van der Waals surface area contributed by atoms with Crippen molar-refractivity contribution in [3.63, 3.8) is 0 Å². The van der Waals surface area contributed by atoms with E-state index < -0.39 is 0 Å². The van der Waals surface area contributed by atoms with Gasteiger partial charge >= 0.3 is 0 Å². The Morgan fingerprint density at radius 1 is 1.16 bits per heavy atom. The topological polar surface area (TPSA) is 42.9 Å². The van der Waals surface area contributed by atoms with E-state index in [-0.39, 0.29) is 11.9 Å². The van der Waals surface area contributed by atoms with Crippen LogP contribution >= 0.6 is 0 Å². The predicted octanol–water partition coefficient (Wildman–Crippen LogP) is 1.95. The Labute approximate surface area is 150 Å². The maximum absolute atomic E-state index is 12.8. The quantitative estimate of drug-likeness (QED) is 0.821. The fourth-order valence-electron chi connectivity index (χ4n) is 4.33. The molecule has 0 aliphatic carbocycles. The highest BCUT2D eigenvalue weighted by Gasteiger charge is 2.36. The smallest absolute Gasteiger partial charge is 0.228 e. The Morgan fingerprint density at radius 3 is 2.64 bits per heavy atom. The number of hydrogen-bond donors (Lipinski definition) is 0. The van der Waals surface area contributed by atoms with Gasteiger partial charge in [0, 0.05) is 52.2 Å². The first-order valence-corrected chi connectivity index (χ1v) is 9.57. The number of carbonyl (C=O) groups is 1. The van der Waals surface area contributed by atoms with Gasteiger partial charge < -0.3 is 14.7 Å². The minimum absolute atomic E-state index is 0.194. The zero-order valence-corrected chi connectivity index (χ0v) is 15.6. The molecule has 0 bridgehead atoms. The second kappa shape index (κ2) is 6.48. The van der Waals surface area contributed by atoms with Gasteiger partial charge in [0.2, 0.25) is 5.91 Å². The van der Waals surface area contributed by atoms with Crippen LogP contribution in [-0.2, 0) is 4.79 Å². The minimum Gasteiger partial charge on any atom is -0.370 e. The zero-order valence-electron chi connectivity index (χ0n) is 15.6. The molecule has 0 spiro atoms. The molecule has 3 aliphatic rings. The maximum atomic E-state index is 12.8. The second-order valence-electron chi connectivity index (χ2n) is 7.82. The van der Waals surface area contributed by atoms with Crippen LogP contribution in [0, 0.1) is 0 Å². The van der Waals surface area contributed by atoms with Crippen LogP contribution in [0.25, 0.3) is 0 Å². The summed E-state index contributed by atoms with van der Waals surface area (Å²) in [5.41, 5.74) is 2.12. The van der Waals surface area contributed by atoms with Crippen molar-refractivity contribution in [3.8, 4) is 0 Å². The highest BCUT2D eigenvalue weighted by atomic mass is 16.2. The Kier molecular flexibility index (Phi) is 4.31. The fourth-order valence-corrected chi connectivity index (χ4v) is 4.33. The molecule has 0 unspecified atom stereocenters. The van der Waals surface area contributed by atoms with Crippen molar-refractivity contribution in [1.82, 2.24) is 9.88 Å². The monoisotopic (exact) mass is 343 g/mol. The molecule has 6 nitrogen and oxygen atoms in total. The van der Waals surface area contributed by atoms with Gasteiger partial charge in [-0.25, -0.2) is 4.98 Å². The third-order valence-electron chi connectivity index (χ3n) is 5.97. The molecular formula is C19H29N5O. The molecule has 3 aliphatic heterocycles. The van der Waals surface area contributed by atoms with Crippen molar-refractivity contribution in [2.75, 3.05) is 54.5 Å². The average Bonchev–Trinajstić information content (AvgIpc) is 3.12. The van der Waals surface area contributed by atoms with Crippen LogP contribution < -0.4 is 14.7 Å². The summed E-state index contributed by atoms with van der Waals surface area (Å²) in [6, 6.07) is 2.91. The molecule has 4 heterocycles. The van der Waals surface area contributed by atoms with Crippen LogP contribution in [0.2, 0.25) is 0 Å². The molecule has 0 N–H and O–H groups in total. The maximum Gasteiger partial charge on any atom is 0.228 e. The van der Waals surface area contributed by atoms with Crippen molar-refractivity contribution >= 4 is 23.1 Å². The standard InChI is InChI=1S/C19H29N5O/c1-14(2)23-8-9-24-16(13-23)11-18(25)21(3)17-10-15(12-20-19(17)24)22-6-4-5-7-22/h10,12,14,16H,4-9,11,13H2,1-3H3/t16-/m1/s1. The van der Waals surface area contributed by atoms with Gasteiger partial charge in [-0.15, -0.1) is 0 Å². The second-order valence-corrected chi connectivity index (χ2v) is 7.82. The molecule has 2 fully saturated rings. The molecule has 1 aromatic rings. The third-order valence-corrected chi connectivity index (χ3v) is 5.97. The Bertz CT molecular complexity index is 655. The molecule has 1 atom stereocenters. The predicted molar refractivity (Wildman–Crippen MR) is 102 cm³/mol. The van der Waals surface area contributed by atoms with E-state index in [1.165, 1.54) is 12.8 Å². The summed E-state index contributed by atoms with van der Waals surface area (Å²) in [7, 11) is 1.90. The fraction of sp³-hybridized carbons (Fsp3) is 0.684.